The van der Waals surface area contributed by atoms with Crippen LogP contribution in [0.2, 0.25) is 0 Å². The number of nitrogens with two attached hydrogens (primary N) is 1. The topological polar surface area (TPSA) is 58.8 Å². The highest BCUT2D eigenvalue weighted by Gasteiger charge is 2.29. The van der Waals surface area contributed by atoms with E-state index in [4.69, 9.17) is 10.5 Å². The first-order valence-corrected chi connectivity index (χ1v) is 7.92. The largest absolute Gasteiger partial charge is 0.379 e. The summed E-state index contributed by atoms with van der Waals surface area (Å²) in [6.45, 7) is 10.6. The molecule has 0 spiro atoms. The van der Waals surface area contributed by atoms with Gasteiger partial charge in [0.2, 0.25) is 5.91 Å². The predicted octanol–water partition coefficient (Wildman–Crippen LogP) is 0.541. The van der Waals surface area contributed by atoms with Gasteiger partial charge in [-0.1, -0.05) is 13.8 Å². The molecule has 2 aliphatic rings. The number of carbonyl (C=O) groups is 1. The van der Waals surface area contributed by atoms with E-state index in [1.165, 1.54) is 6.42 Å². The van der Waals surface area contributed by atoms with Crippen molar-refractivity contribution < 1.29 is 9.53 Å². The van der Waals surface area contributed by atoms with Gasteiger partial charge >= 0.3 is 0 Å². The number of hydrogen-bond acceptors (Lipinski definition) is 4. The van der Waals surface area contributed by atoms with Crippen LogP contribution < -0.4 is 5.73 Å². The van der Waals surface area contributed by atoms with Crippen molar-refractivity contribution in [3.63, 3.8) is 0 Å². The van der Waals surface area contributed by atoms with E-state index in [0.717, 1.165) is 52.4 Å². The highest BCUT2D eigenvalue weighted by Crippen LogP contribution is 2.19. The van der Waals surface area contributed by atoms with E-state index < -0.39 is 0 Å². The Hall–Kier alpha value is -0.650. The minimum absolute atomic E-state index is 0.131. The van der Waals surface area contributed by atoms with Gasteiger partial charge in [0.25, 0.3) is 0 Å². The molecule has 20 heavy (non-hydrogen) atoms. The number of nitrogens with zero attached hydrogens (tertiary/aromatic N) is 2. The van der Waals surface area contributed by atoms with Crippen LogP contribution in [0.15, 0.2) is 0 Å². The lowest BCUT2D eigenvalue weighted by molar-refractivity contribution is -0.135. The first-order valence-electron chi connectivity index (χ1n) is 7.92. The Morgan fingerprint density at radius 3 is 2.65 bits per heavy atom. The molecule has 0 aromatic rings. The van der Waals surface area contributed by atoms with Crippen molar-refractivity contribution in [1.82, 2.24) is 9.80 Å². The van der Waals surface area contributed by atoms with E-state index in [1.807, 2.05) is 18.7 Å². The van der Waals surface area contributed by atoms with Crippen LogP contribution in [0.5, 0.6) is 0 Å². The van der Waals surface area contributed by atoms with Crippen LogP contribution in [0, 0.1) is 11.8 Å². The molecule has 0 aromatic carbocycles. The van der Waals surface area contributed by atoms with Crippen molar-refractivity contribution in [2.75, 3.05) is 45.9 Å². The Kier molecular flexibility index (Phi) is 5.81. The fourth-order valence-corrected chi connectivity index (χ4v) is 3.06. The molecule has 2 heterocycles. The third-order valence-electron chi connectivity index (χ3n) is 4.45. The molecule has 2 saturated heterocycles. The lowest BCUT2D eigenvalue weighted by Crippen LogP contribution is -2.51. The zero-order valence-electron chi connectivity index (χ0n) is 12.9. The molecule has 2 fully saturated rings. The molecule has 2 atom stereocenters. The normalized spacial score (nSPS) is 26.8. The minimum atomic E-state index is -0.350. The lowest BCUT2D eigenvalue weighted by atomic mass is 9.95. The monoisotopic (exact) mass is 283 g/mol. The molecule has 5 nitrogen and oxygen atoms in total. The zero-order valence-corrected chi connectivity index (χ0v) is 12.9. The van der Waals surface area contributed by atoms with Crippen LogP contribution in [0.25, 0.3) is 0 Å². The van der Waals surface area contributed by atoms with Gasteiger partial charge in [-0.2, -0.15) is 0 Å². The van der Waals surface area contributed by atoms with Crippen molar-refractivity contribution in [1.29, 1.82) is 0 Å². The number of ether oxygens (including phenoxy) is 1. The fourth-order valence-electron chi connectivity index (χ4n) is 3.06. The summed E-state index contributed by atoms with van der Waals surface area (Å²) in [5.41, 5.74) is 6.00. The maximum atomic E-state index is 12.3. The zero-order chi connectivity index (χ0) is 14.5. The quantitative estimate of drug-likeness (QED) is 0.818. The van der Waals surface area contributed by atoms with Crippen molar-refractivity contribution >= 4 is 5.91 Å². The van der Waals surface area contributed by atoms with E-state index in [1.54, 1.807) is 0 Å². The molecule has 116 valence electrons. The van der Waals surface area contributed by atoms with Crippen LogP contribution in [-0.2, 0) is 9.53 Å². The van der Waals surface area contributed by atoms with Crippen molar-refractivity contribution in [2.24, 2.45) is 17.6 Å². The summed E-state index contributed by atoms with van der Waals surface area (Å²) >= 11 is 0. The SMILES string of the molecule is CC(C)[C@H](N)C(=O)N1CCC[C@H](CN2CCOCC2)C1. The third kappa shape index (κ3) is 4.17. The Balaban J connectivity index is 1.83. The lowest BCUT2D eigenvalue weighted by Gasteiger charge is -2.38. The number of likely N-dealkylation sites (tertiary alicyclic amines) is 1. The van der Waals surface area contributed by atoms with Crippen LogP contribution in [0.3, 0.4) is 0 Å². The summed E-state index contributed by atoms with van der Waals surface area (Å²) in [6.07, 6.45) is 2.32. The van der Waals surface area contributed by atoms with E-state index >= 15 is 0 Å². The van der Waals surface area contributed by atoms with Crippen LogP contribution in [0.1, 0.15) is 26.7 Å². The second-order valence-electron chi connectivity index (χ2n) is 6.48. The van der Waals surface area contributed by atoms with Gasteiger partial charge in [-0.25, -0.2) is 0 Å². The molecule has 2 N–H and O–H groups in total. The molecule has 0 bridgehead atoms. The standard InChI is InChI=1S/C15H29N3O2/c1-12(2)14(16)15(19)18-5-3-4-13(11-18)10-17-6-8-20-9-7-17/h12-14H,3-11,16H2,1-2H3/t13-,14+/m1/s1. The van der Waals surface area contributed by atoms with Crippen molar-refractivity contribution in [2.45, 2.75) is 32.7 Å². The van der Waals surface area contributed by atoms with Crippen LogP contribution in [-0.4, -0.2) is 67.7 Å². The summed E-state index contributed by atoms with van der Waals surface area (Å²) in [4.78, 5) is 16.8. The average molecular weight is 283 g/mol. The molecule has 1 amide bonds. The van der Waals surface area contributed by atoms with Gasteiger partial charge < -0.3 is 15.4 Å². The van der Waals surface area contributed by atoms with Gasteiger partial charge in [0.1, 0.15) is 0 Å². The summed E-state index contributed by atoms with van der Waals surface area (Å²) < 4.78 is 5.38. The van der Waals surface area contributed by atoms with Gasteiger partial charge in [0.05, 0.1) is 19.3 Å². The smallest absolute Gasteiger partial charge is 0.239 e. The summed E-state index contributed by atoms with van der Waals surface area (Å²) in [5, 5.41) is 0. The Labute approximate surface area is 122 Å². The highest BCUT2D eigenvalue weighted by atomic mass is 16.5. The molecule has 2 aliphatic heterocycles. The van der Waals surface area contributed by atoms with Crippen molar-refractivity contribution in [3.8, 4) is 0 Å². The Bertz CT molecular complexity index is 316. The predicted molar refractivity (Wildman–Crippen MR) is 79.4 cm³/mol. The van der Waals surface area contributed by atoms with Crippen LogP contribution in [0.4, 0.5) is 0 Å². The van der Waals surface area contributed by atoms with Gasteiger partial charge in [0, 0.05) is 32.7 Å². The average Bonchev–Trinajstić information content (AvgIpc) is 2.47. The Morgan fingerprint density at radius 2 is 2.00 bits per heavy atom. The van der Waals surface area contributed by atoms with Crippen LogP contribution >= 0.6 is 0 Å². The molecule has 2 rings (SSSR count). The first-order chi connectivity index (χ1) is 9.58. The van der Waals surface area contributed by atoms with Gasteiger partial charge in [0.15, 0.2) is 0 Å². The van der Waals surface area contributed by atoms with Gasteiger partial charge in [-0.15, -0.1) is 0 Å². The van der Waals surface area contributed by atoms with E-state index in [2.05, 4.69) is 4.90 Å². The number of morpholine rings is 1. The second kappa shape index (κ2) is 7.38. The summed E-state index contributed by atoms with van der Waals surface area (Å²) in [5.74, 6) is 0.930. The summed E-state index contributed by atoms with van der Waals surface area (Å²) in [6, 6.07) is -0.350. The molecule has 0 unspecified atom stereocenters. The maximum Gasteiger partial charge on any atom is 0.239 e. The first kappa shape index (κ1) is 15.7. The van der Waals surface area contributed by atoms with Gasteiger partial charge in [-0.05, 0) is 24.7 Å². The molecule has 0 aromatic heterocycles. The Morgan fingerprint density at radius 1 is 1.30 bits per heavy atom. The van der Waals surface area contributed by atoms with E-state index in [-0.39, 0.29) is 17.9 Å². The number of rotatable bonds is 4. The molecule has 5 heteroatoms. The maximum absolute atomic E-state index is 12.3. The number of hydrogen-bond donors (Lipinski definition) is 1. The molecule has 0 saturated carbocycles. The molecule has 0 aliphatic carbocycles. The second-order valence-corrected chi connectivity index (χ2v) is 6.48. The van der Waals surface area contributed by atoms with E-state index in [9.17, 15) is 4.79 Å². The van der Waals surface area contributed by atoms with Crippen molar-refractivity contribution in [3.05, 3.63) is 0 Å². The number of piperidine rings is 1. The molecular weight excluding hydrogens is 254 g/mol. The van der Waals surface area contributed by atoms with Gasteiger partial charge in [-0.3, -0.25) is 9.69 Å². The number of amides is 1. The fraction of sp³-hybridized carbons (Fsp3) is 0.933. The number of carbonyl (C=O) groups excluding carboxylic acids is 1. The summed E-state index contributed by atoms with van der Waals surface area (Å²) in [7, 11) is 0. The van der Waals surface area contributed by atoms with E-state index in [0.29, 0.717) is 5.92 Å². The third-order valence-corrected chi connectivity index (χ3v) is 4.45. The highest BCUT2D eigenvalue weighted by molar-refractivity contribution is 5.82. The molecule has 0 radical (unpaired) electrons. The molecular formula is C15H29N3O2. The minimum Gasteiger partial charge on any atom is -0.379 e.